The standard InChI is InChI=1S/C13H24N4O2/c1-4-12-8-16(5-6-17(12)7-10(2)18)9-13-14-11(3)19-15-13/h10,12,18H,4-9H2,1-3H3/t10-,12-/m1/s1. The molecule has 2 heterocycles. The summed E-state index contributed by atoms with van der Waals surface area (Å²) in [6.45, 7) is 10.3. The Morgan fingerprint density at radius 3 is 2.84 bits per heavy atom. The van der Waals surface area contributed by atoms with Gasteiger partial charge in [-0.3, -0.25) is 9.80 Å². The quantitative estimate of drug-likeness (QED) is 0.846. The lowest BCUT2D eigenvalue weighted by Gasteiger charge is -2.41. The summed E-state index contributed by atoms with van der Waals surface area (Å²) in [5.74, 6) is 1.38. The highest BCUT2D eigenvalue weighted by atomic mass is 16.5. The van der Waals surface area contributed by atoms with Crippen LogP contribution in [0.15, 0.2) is 4.52 Å². The minimum absolute atomic E-state index is 0.263. The third kappa shape index (κ3) is 3.99. The molecule has 6 heteroatoms. The predicted molar refractivity (Wildman–Crippen MR) is 71.6 cm³/mol. The minimum atomic E-state index is -0.263. The Morgan fingerprint density at radius 1 is 1.47 bits per heavy atom. The third-order valence-corrected chi connectivity index (χ3v) is 3.59. The molecule has 0 spiro atoms. The van der Waals surface area contributed by atoms with Gasteiger partial charge in [0.2, 0.25) is 5.89 Å². The number of nitrogens with zero attached hydrogens (tertiary/aromatic N) is 4. The molecule has 0 saturated carbocycles. The number of rotatable bonds is 5. The lowest BCUT2D eigenvalue weighted by Crippen LogP contribution is -2.54. The van der Waals surface area contributed by atoms with E-state index >= 15 is 0 Å². The van der Waals surface area contributed by atoms with Gasteiger partial charge in [-0.15, -0.1) is 0 Å². The van der Waals surface area contributed by atoms with E-state index in [2.05, 4.69) is 26.9 Å². The van der Waals surface area contributed by atoms with Crippen LogP contribution in [0.3, 0.4) is 0 Å². The van der Waals surface area contributed by atoms with Crippen molar-refractivity contribution >= 4 is 0 Å². The van der Waals surface area contributed by atoms with Gasteiger partial charge in [-0.1, -0.05) is 12.1 Å². The van der Waals surface area contributed by atoms with Gasteiger partial charge in [0.15, 0.2) is 5.82 Å². The third-order valence-electron chi connectivity index (χ3n) is 3.59. The fourth-order valence-electron chi connectivity index (χ4n) is 2.67. The summed E-state index contributed by atoms with van der Waals surface area (Å²) in [4.78, 5) is 8.99. The molecule has 2 rings (SSSR count). The number of piperazine rings is 1. The Morgan fingerprint density at radius 2 is 2.26 bits per heavy atom. The van der Waals surface area contributed by atoms with Crippen LogP contribution in [0.2, 0.25) is 0 Å². The van der Waals surface area contributed by atoms with Crippen molar-refractivity contribution in [1.82, 2.24) is 19.9 Å². The Hall–Kier alpha value is -0.980. The number of aliphatic hydroxyl groups is 1. The molecule has 108 valence electrons. The topological polar surface area (TPSA) is 65.6 Å². The molecule has 0 aromatic carbocycles. The van der Waals surface area contributed by atoms with Crippen LogP contribution in [0.25, 0.3) is 0 Å². The number of aromatic nitrogens is 2. The van der Waals surface area contributed by atoms with Gasteiger partial charge in [-0.2, -0.15) is 4.98 Å². The lowest BCUT2D eigenvalue weighted by molar-refractivity contribution is 0.0326. The monoisotopic (exact) mass is 268 g/mol. The molecule has 1 fully saturated rings. The molecule has 0 bridgehead atoms. The Bertz CT molecular complexity index is 394. The van der Waals surface area contributed by atoms with Crippen LogP contribution in [0, 0.1) is 6.92 Å². The summed E-state index contributed by atoms with van der Waals surface area (Å²) in [5.41, 5.74) is 0. The molecule has 1 aliphatic heterocycles. The molecule has 0 aliphatic carbocycles. The molecule has 1 aliphatic rings. The average molecular weight is 268 g/mol. The summed E-state index contributed by atoms with van der Waals surface area (Å²) in [6.07, 6.45) is 0.828. The van der Waals surface area contributed by atoms with Crippen molar-refractivity contribution in [3.63, 3.8) is 0 Å². The van der Waals surface area contributed by atoms with Gasteiger partial charge in [0, 0.05) is 39.1 Å². The van der Waals surface area contributed by atoms with Crippen molar-refractivity contribution in [1.29, 1.82) is 0 Å². The van der Waals surface area contributed by atoms with Gasteiger partial charge in [0.1, 0.15) is 0 Å². The van der Waals surface area contributed by atoms with Crippen LogP contribution in [0.4, 0.5) is 0 Å². The van der Waals surface area contributed by atoms with E-state index < -0.39 is 0 Å². The Kier molecular flexibility index (Phi) is 4.90. The highest BCUT2D eigenvalue weighted by molar-refractivity contribution is 4.88. The average Bonchev–Trinajstić information content (AvgIpc) is 2.76. The molecule has 1 N–H and O–H groups in total. The van der Waals surface area contributed by atoms with Crippen LogP contribution in [0.5, 0.6) is 0 Å². The zero-order valence-corrected chi connectivity index (χ0v) is 12.0. The highest BCUT2D eigenvalue weighted by Gasteiger charge is 2.27. The first-order valence-electron chi connectivity index (χ1n) is 7.02. The van der Waals surface area contributed by atoms with Crippen molar-refractivity contribution in [3.8, 4) is 0 Å². The zero-order valence-electron chi connectivity index (χ0n) is 12.0. The number of β-amino-alcohol motifs (C(OH)–C–C–N with tert-alkyl or cyclic N) is 1. The van der Waals surface area contributed by atoms with E-state index in [0.717, 1.165) is 45.0 Å². The molecular weight excluding hydrogens is 244 g/mol. The van der Waals surface area contributed by atoms with Crippen LogP contribution >= 0.6 is 0 Å². The first-order chi connectivity index (χ1) is 9.08. The summed E-state index contributed by atoms with van der Waals surface area (Å²) in [6, 6.07) is 0.497. The van der Waals surface area contributed by atoms with E-state index in [0.29, 0.717) is 11.9 Å². The van der Waals surface area contributed by atoms with Gasteiger partial charge in [0.25, 0.3) is 0 Å². The summed E-state index contributed by atoms with van der Waals surface area (Å²) < 4.78 is 5.00. The maximum Gasteiger partial charge on any atom is 0.223 e. The zero-order chi connectivity index (χ0) is 13.8. The minimum Gasteiger partial charge on any atom is -0.392 e. The Labute approximate surface area is 114 Å². The van der Waals surface area contributed by atoms with E-state index in [1.165, 1.54) is 0 Å². The molecule has 6 nitrogen and oxygen atoms in total. The molecule has 0 amide bonds. The number of aliphatic hydroxyl groups excluding tert-OH is 1. The SMILES string of the molecule is CC[C@@H]1CN(Cc2noc(C)n2)CCN1C[C@@H](C)O. The van der Waals surface area contributed by atoms with Gasteiger partial charge < -0.3 is 9.63 Å². The molecule has 19 heavy (non-hydrogen) atoms. The number of hydrogen-bond donors (Lipinski definition) is 1. The fourth-order valence-corrected chi connectivity index (χ4v) is 2.67. The molecule has 1 saturated heterocycles. The highest BCUT2D eigenvalue weighted by Crippen LogP contribution is 2.15. The van der Waals surface area contributed by atoms with E-state index in [1.54, 1.807) is 0 Å². The second-order valence-corrected chi connectivity index (χ2v) is 5.37. The van der Waals surface area contributed by atoms with Gasteiger partial charge in [0.05, 0.1) is 12.6 Å². The normalized spacial score (nSPS) is 23.7. The van der Waals surface area contributed by atoms with E-state index in [9.17, 15) is 5.11 Å². The molecular formula is C13H24N4O2. The second-order valence-electron chi connectivity index (χ2n) is 5.37. The van der Waals surface area contributed by atoms with Crippen LogP contribution in [-0.2, 0) is 6.54 Å². The van der Waals surface area contributed by atoms with Crippen molar-refractivity contribution in [2.24, 2.45) is 0 Å². The summed E-state index contributed by atoms with van der Waals surface area (Å²) in [7, 11) is 0. The second kappa shape index (κ2) is 6.45. The molecule has 0 radical (unpaired) electrons. The first-order valence-corrected chi connectivity index (χ1v) is 7.02. The largest absolute Gasteiger partial charge is 0.392 e. The van der Waals surface area contributed by atoms with Crippen molar-refractivity contribution < 1.29 is 9.63 Å². The smallest absolute Gasteiger partial charge is 0.223 e. The van der Waals surface area contributed by atoms with Crippen LogP contribution in [-0.4, -0.2) is 63.4 Å². The first kappa shape index (κ1) is 14.4. The molecule has 1 aromatic rings. The van der Waals surface area contributed by atoms with Gasteiger partial charge >= 0.3 is 0 Å². The van der Waals surface area contributed by atoms with Crippen LogP contribution < -0.4 is 0 Å². The molecule has 1 aromatic heterocycles. The van der Waals surface area contributed by atoms with Crippen molar-refractivity contribution in [2.45, 2.75) is 45.9 Å². The molecule has 2 atom stereocenters. The van der Waals surface area contributed by atoms with E-state index in [4.69, 9.17) is 4.52 Å². The Balaban J connectivity index is 1.89. The number of hydrogen-bond acceptors (Lipinski definition) is 6. The maximum absolute atomic E-state index is 9.53. The predicted octanol–water partition coefficient (Wildman–Crippen LogP) is 0.655. The van der Waals surface area contributed by atoms with Crippen molar-refractivity contribution in [3.05, 3.63) is 11.7 Å². The molecule has 0 unspecified atom stereocenters. The fraction of sp³-hybridized carbons (Fsp3) is 0.846. The lowest BCUT2D eigenvalue weighted by atomic mass is 10.1. The van der Waals surface area contributed by atoms with Gasteiger partial charge in [-0.05, 0) is 13.3 Å². The summed E-state index contributed by atoms with van der Waals surface area (Å²) in [5, 5.41) is 13.5. The summed E-state index contributed by atoms with van der Waals surface area (Å²) >= 11 is 0. The van der Waals surface area contributed by atoms with Gasteiger partial charge in [-0.25, -0.2) is 0 Å². The van der Waals surface area contributed by atoms with E-state index in [-0.39, 0.29) is 6.10 Å². The van der Waals surface area contributed by atoms with Crippen molar-refractivity contribution in [2.75, 3.05) is 26.2 Å². The number of aryl methyl sites for hydroxylation is 1. The maximum atomic E-state index is 9.53. The van der Waals surface area contributed by atoms with E-state index in [1.807, 2.05) is 13.8 Å². The van der Waals surface area contributed by atoms with Crippen LogP contribution in [0.1, 0.15) is 32.0 Å².